The van der Waals surface area contributed by atoms with Crippen molar-refractivity contribution in [2.24, 2.45) is 0 Å². The van der Waals surface area contributed by atoms with Gasteiger partial charge in [-0.05, 0) is 30.7 Å². The Labute approximate surface area is 204 Å². The SMILES string of the molecule is COc1nc(NC2CN(C(C)=O)CC2(C)F)nn2ccc(-c3ccc4nnn(CC(C)(F)F)c4c3)c12. The minimum atomic E-state index is -2.95. The highest BCUT2D eigenvalue weighted by Gasteiger charge is 2.45. The van der Waals surface area contributed by atoms with E-state index in [-0.39, 0.29) is 30.8 Å². The molecular weight excluding hydrogens is 477 g/mol. The molecule has 4 aromatic rings. The zero-order valence-electron chi connectivity index (χ0n) is 20.2. The van der Waals surface area contributed by atoms with Gasteiger partial charge >= 0.3 is 0 Å². The number of benzene rings is 1. The maximum Gasteiger partial charge on any atom is 0.264 e. The monoisotopic (exact) mass is 502 g/mol. The average Bonchev–Trinajstić information content (AvgIpc) is 3.48. The molecule has 1 aliphatic rings. The molecule has 0 radical (unpaired) electrons. The average molecular weight is 503 g/mol. The molecule has 2 atom stereocenters. The van der Waals surface area contributed by atoms with Gasteiger partial charge in [0.05, 0.1) is 25.2 Å². The number of anilines is 1. The van der Waals surface area contributed by atoms with Gasteiger partial charge in [0.15, 0.2) is 0 Å². The van der Waals surface area contributed by atoms with Gasteiger partial charge in [-0.1, -0.05) is 11.3 Å². The Kier molecular flexibility index (Phi) is 5.52. The van der Waals surface area contributed by atoms with Crippen LogP contribution in [0.15, 0.2) is 30.5 Å². The fourth-order valence-electron chi connectivity index (χ4n) is 4.49. The van der Waals surface area contributed by atoms with E-state index in [0.29, 0.717) is 27.7 Å². The van der Waals surface area contributed by atoms with Crippen LogP contribution in [-0.4, -0.2) is 78.2 Å². The molecule has 0 aliphatic carbocycles. The summed E-state index contributed by atoms with van der Waals surface area (Å²) in [6, 6.07) is 6.33. The molecule has 190 valence electrons. The van der Waals surface area contributed by atoms with Gasteiger partial charge in [0.25, 0.3) is 5.92 Å². The van der Waals surface area contributed by atoms with Gasteiger partial charge in [-0.15, -0.1) is 10.2 Å². The Morgan fingerprint density at radius 2 is 2.11 bits per heavy atom. The summed E-state index contributed by atoms with van der Waals surface area (Å²) in [5.41, 5.74) is 1.25. The van der Waals surface area contributed by atoms with Gasteiger partial charge in [0.1, 0.15) is 23.2 Å². The number of likely N-dealkylation sites (tertiary alicyclic amines) is 1. The van der Waals surface area contributed by atoms with Crippen molar-refractivity contribution in [3.63, 3.8) is 0 Å². The Balaban J connectivity index is 1.51. The van der Waals surface area contributed by atoms with Crippen molar-refractivity contribution in [2.45, 2.75) is 44.9 Å². The highest BCUT2D eigenvalue weighted by molar-refractivity contribution is 5.89. The normalized spacial score (nSPS) is 20.4. The molecule has 0 saturated carbocycles. The maximum absolute atomic E-state index is 15.1. The number of fused-ring (bicyclic) bond motifs is 2. The van der Waals surface area contributed by atoms with E-state index in [1.165, 1.54) is 30.5 Å². The molecule has 1 aromatic carbocycles. The quantitative estimate of drug-likeness (QED) is 0.432. The van der Waals surface area contributed by atoms with Crippen LogP contribution in [0, 0.1) is 0 Å². The third kappa shape index (κ3) is 4.29. The highest BCUT2D eigenvalue weighted by atomic mass is 19.3. The Hall–Kier alpha value is -3.90. The molecule has 1 N–H and O–H groups in total. The van der Waals surface area contributed by atoms with E-state index in [2.05, 4.69) is 25.7 Å². The fraction of sp³-hybridized carbons (Fsp3) is 0.435. The van der Waals surface area contributed by atoms with E-state index in [1.807, 2.05) is 0 Å². The van der Waals surface area contributed by atoms with Crippen LogP contribution < -0.4 is 10.1 Å². The first-order valence-electron chi connectivity index (χ1n) is 11.3. The topological polar surface area (TPSA) is 102 Å². The lowest BCUT2D eigenvalue weighted by atomic mass is 10.0. The predicted molar refractivity (Wildman–Crippen MR) is 126 cm³/mol. The molecule has 1 saturated heterocycles. The van der Waals surface area contributed by atoms with Gasteiger partial charge in [-0.3, -0.25) is 4.79 Å². The number of carbonyl (C=O) groups is 1. The van der Waals surface area contributed by atoms with Crippen LogP contribution in [0.25, 0.3) is 27.7 Å². The second-order valence-corrected chi connectivity index (χ2v) is 9.36. The number of nitrogens with one attached hydrogen (secondary N) is 1. The number of carbonyl (C=O) groups excluding carboxylic acids is 1. The number of alkyl halides is 3. The number of methoxy groups -OCH3 is 1. The number of nitrogens with zero attached hydrogens (tertiary/aromatic N) is 7. The molecule has 3 aromatic heterocycles. The maximum atomic E-state index is 15.1. The molecule has 1 fully saturated rings. The third-order valence-corrected chi connectivity index (χ3v) is 6.30. The predicted octanol–water partition coefficient (Wildman–Crippen LogP) is 3.18. The van der Waals surface area contributed by atoms with Gasteiger partial charge in [-0.2, -0.15) is 4.98 Å². The van der Waals surface area contributed by atoms with Crippen LogP contribution >= 0.6 is 0 Å². The van der Waals surface area contributed by atoms with Gasteiger partial charge < -0.3 is 15.0 Å². The lowest BCUT2D eigenvalue weighted by molar-refractivity contribution is -0.128. The second kappa shape index (κ2) is 8.35. The van der Waals surface area contributed by atoms with Crippen molar-refractivity contribution < 1.29 is 22.7 Å². The summed E-state index contributed by atoms with van der Waals surface area (Å²) < 4.78 is 50.6. The minimum Gasteiger partial charge on any atom is -0.479 e. The van der Waals surface area contributed by atoms with Crippen molar-refractivity contribution in [3.05, 3.63) is 30.5 Å². The van der Waals surface area contributed by atoms with Crippen molar-refractivity contribution in [1.29, 1.82) is 0 Å². The summed E-state index contributed by atoms with van der Waals surface area (Å²) in [5.74, 6) is -2.77. The third-order valence-electron chi connectivity index (χ3n) is 6.30. The second-order valence-electron chi connectivity index (χ2n) is 9.36. The van der Waals surface area contributed by atoms with Crippen LogP contribution in [0.4, 0.5) is 19.1 Å². The number of ether oxygens (including phenoxy) is 1. The van der Waals surface area contributed by atoms with Crippen LogP contribution in [-0.2, 0) is 11.3 Å². The lowest BCUT2D eigenvalue weighted by Crippen LogP contribution is -2.40. The molecule has 13 heteroatoms. The summed E-state index contributed by atoms with van der Waals surface area (Å²) >= 11 is 0. The molecular formula is C23H25F3N8O2. The van der Waals surface area contributed by atoms with Crippen LogP contribution in [0.5, 0.6) is 5.88 Å². The number of aromatic nitrogens is 6. The van der Waals surface area contributed by atoms with E-state index in [1.54, 1.807) is 35.0 Å². The Morgan fingerprint density at radius 1 is 1.33 bits per heavy atom. The highest BCUT2D eigenvalue weighted by Crippen LogP contribution is 2.34. The first-order valence-corrected chi connectivity index (χ1v) is 11.3. The van der Waals surface area contributed by atoms with Crippen molar-refractivity contribution in [2.75, 3.05) is 25.5 Å². The zero-order valence-corrected chi connectivity index (χ0v) is 20.2. The largest absolute Gasteiger partial charge is 0.479 e. The van der Waals surface area contributed by atoms with Crippen LogP contribution in [0.1, 0.15) is 20.8 Å². The molecule has 1 amide bonds. The van der Waals surface area contributed by atoms with Crippen LogP contribution in [0.2, 0.25) is 0 Å². The first kappa shape index (κ1) is 23.8. The van der Waals surface area contributed by atoms with Crippen molar-refractivity contribution >= 4 is 28.4 Å². The summed E-state index contributed by atoms with van der Waals surface area (Å²) in [6.45, 7) is 3.22. The number of hydrogen-bond donors (Lipinski definition) is 1. The number of amides is 1. The van der Waals surface area contributed by atoms with E-state index in [9.17, 15) is 13.6 Å². The van der Waals surface area contributed by atoms with Gasteiger partial charge in [0, 0.05) is 32.2 Å². The minimum absolute atomic E-state index is 0.0229. The van der Waals surface area contributed by atoms with E-state index in [0.717, 1.165) is 6.92 Å². The number of rotatable bonds is 6. The molecule has 2 unspecified atom stereocenters. The lowest BCUT2D eigenvalue weighted by Gasteiger charge is -2.22. The summed E-state index contributed by atoms with van der Waals surface area (Å²) in [5, 5.41) is 15.3. The van der Waals surface area contributed by atoms with E-state index >= 15 is 4.39 Å². The first-order chi connectivity index (χ1) is 16.9. The molecule has 36 heavy (non-hydrogen) atoms. The Bertz CT molecular complexity index is 1460. The van der Waals surface area contributed by atoms with E-state index < -0.39 is 24.2 Å². The van der Waals surface area contributed by atoms with Crippen molar-refractivity contribution in [3.8, 4) is 17.0 Å². The van der Waals surface area contributed by atoms with Gasteiger partial charge in [-0.25, -0.2) is 22.4 Å². The molecule has 5 rings (SSSR count). The molecule has 1 aliphatic heterocycles. The van der Waals surface area contributed by atoms with Gasteiger partial charge in [0.2, 0.25) is 17.7 Å². The summed E-state index contributed by atoms with van der Waals surface area (Å²) in [7, 11) is 1.46. The number of halogens is 3. The van der Waals surface area contributed by atoms with E-state index in [4.69, 9.17) is 4.74 Å². The zero-order chi connectivity index (χ0) is 25.8. The molecule has 10 nitrogen and oxygen atoms in total. The van der Waals surface area contributed by atoms with Crippen LogP contribution in [0.3, 0.4) is 0 Å². The summed E-state index contributed by atoms with van der Waals surface area (Å²) in [4.78, 5) is 17.6. The molecule has 0 spiro atoms. The fourth-order valence-corrected chi connectivity index (χ4v) is 4.49. The molecule has 0 bridgehead atoms. The van der Waals surface area contributed by atoms with Crippen molar-refractivity contribution in [1.82, 2.24) is 34.5 Å². The smallest absolute Gasteiger partial charge is 0.264 e. The molecule has 4 heterocycles. The Morgan fingerprint density at radius 3 is 2.78 bits per heavy atom. The summed E-state index contributed by atoms with van der Waals surface area (Å²) in [6.07, 6.45) is 1.70. The number of hydrogen-bond acceptors (Lipinski definition) is 7. The standard InChI is InChI=1S/C23H25F3N8O2/c1-13(35)32-10-18(22(2,24)11-32)27-21-28-20(36-4)19-15(7-8-33(19)30-21)14-5-6-16-17(9-14)34(31-29-16)12-23(3,25)26/h5-9,18H,10-12H2,1-4H3,(H,27,30).